The first-order valence-corrected chi connectivity index (χ1v) is 12.3. The molecule has 21 heavy (non-hydrogen) atoms. The van der Waals surface area contributed by atoms with Crippen LogP contribution in [0, 0.1) is 0 Å². The maximum atomic E-state index is 14.2. The summed E-state index contributed by atoms with van der Waals surface area (Å²) < 4.78 is 34.6. The molecule has 0 heterocycles. The lowest BCUT2D eigenvalue weighted by atomic mass is 10.4. The van der Waals surface area contributed by atoms with Gasteiger partial charge in [-0.05, 0) is 30.0 Å². The van der Waals surface area contributed by atoms with Crippen molar-refractivity contribution >= 4 is 27.0 Å². The van der Waals surface area contributed by atoms with Crippen LogP contribution in [0.1, 0.15) is 0 Å². The highest BCUT2D eigenvalue weighted by atomic mass is 28.4. The molecule has 0 aliphatic rings. The van der Waals surface area contributed by atoms with E-state index in [9.17, 15) is 8.78 Å². The molecule has 2 rings (SSSR count). The van der Waals surface area contributed by atoms with Gasteiger partial charge in [0.1, 0.15) is 0 Å². The van der Waals surface area contributed by atoms with Crippen LogP contribution in [0.3, 0.4) is 0 Å². The molecule has 0 unspecified atom stereocenters. The maximum absolute atomic E-state index is 14.2. The summed E-state index contributed by atoms with van der Waals surface area (Å²) in [5.74, 6) is 0. The number of halogens is 2. The number of alkyl halides is 2. The third-order valence-electron chi connectivity index (χ3n) is 3.18. The molecule has 5 heteroatoms. The Balaban J connectivity index is 2.67. The van der Waals surface area contributed by atoms with Crippen LogP contribution in [0.25, 0.3) is 0 Å². The fraction of sp³-hybridized carbons (Fsp3) is 0.250. The van der Waals surface area contributed by atoms with Crippen molar-refractivity contribution in [3.63, 3.8) is 0 Å². The molecule has 0 saturated heterocycles. The van der Waals surface area contributed by atoms with Crippen LogP contribution >= 0.6 is 0 Å². The van der Waals surface area contributed by atoms with E-state index >= 15 is 0 Å². The first kappa shape index (κ1) is 16.1. The summed E-state index contributed by atoms with van der Waals surface area (Å²) in [6, 6.07) is 15.5. The molecule has 0 aromatic heterocycles. The van der Waals surface area contributed by atoms with E-state index in [1.807, 2.05) is 31.8 Å². The molecule has 2 aromatic carbocycles. The van der Waals surface area contributed by atoms with Gasteiger partial charge in [-0.2, -0.15) is 0 Å². The summed E-state index contributed by atoms with van der Waals surface area (Å²) >= 11 is 0. The van der Waals surface area contributed by atoms with Gasteiger partial charge in [0, 0.05) is 0 Å². The van der Waals surface area contributed by atoms with Crippen molar-refractivity contribution in [1.82, 2.24) is 0 Å². The Morgan fingerprint density at radius 2 is 1.14 bits per heavy atom. The zero-order valence-electron chi connectivity index (χ0n) is 12.5. The molecule has 0 radical (unpaired) electrons. The summed E-state index contributed by atoms with van der Waals surface area (Å²) in [5.41, 5.74) is 0. The summed E-state index contributed by atoms with van der Waals surface area (Å²) in [6.45, 7) is 5.88. The smallest absolute Gasteiger partial charge is 0.319 e. The van der Waals surface area contributed by atoms with Gasteiger partial charge in [0.2, 0.25) is 0 Å². The predicted octanol–water partition coefficient (Wildman–Crippen LogP) is 3.40. The second kappa shape index (κ2) is 6.21. The molecular weight excluding hydrogens is 302 g/mol. The average molecular weight is 323 g/mol. The van der Waals surface area contributed by atoms with E-state index < -0.39 is 22.7 Å². The second-order valence-electron chi connectivity index (χ2n) is 5.98. The zero-order valence-corrected chi connectivity index (χ0v) is 14.5. The lowest BCUT2D eigenvalue weighted by molar-refractivity contribution is 0.211. The van der Waals surface area contributed by atoms with Crippen LogP contribution in [0.15, 0.2) is 60.7 Å². The van der Waals surface area contributed by atoms with E-state index in [4.69, 9.17) is 4.12 Å². The minimum atomic E-state index is -3.53. The Morgan fingerprint density at radius 3 is 1.43 bits per heavy atom. The van der Waals surface area contributed by atoms with Crippen LogP contribution in [0.2, 0.25) is 19.6 Å². The first-order chi connectivity index (χ1) is 9.86. The molecule has 0 spiro atoms. The Bertz CT molecular complexity index is 528. The highest BCUT2D eigenvalue weighted by molar-refractivity contribution is 7.02. The molecule has 0 aliphatic heterocycles. The van der Waals surface area contributed by atoms with Crippen molar-refractivity contribution in [1.29, 1.82) is 0 Å². The van der Waals surface area contributed by atoms with Gasteiger partial charge in [-0.3, -0.25) is 0 Å². The molecule has 0 atom stereocenters. The topological polar surface area (TPSA) is 9.23 Å². The third kappa shape index (κ3) is 3.48. The van der Waals surface area contributed by atoms with Crippen LogP contribution in [-0.2, 0) is 4.12 Å². The molecule has 0 saturated carbocycles. The third-order valence-corrected chi connectivity index (χ3v) is 9.91. The van der Waals surface area contributed by atoms with E-state index in [1.165, 1.54) is 0 Å². The van der Waals surface area contributed by atoms with Crippen molar-refractivity contribution in [3.05, 3.63) is 60.7 Å². The number of hydrogen-bond acceptors (Lipinski definition) is 1. The molecule has 112 valence electrons. The van der Waals surface area contributed by atoms with Crippen LogP contribution < -0.4 is 10.4 Å². The second-order valence-corrected chi connectivity index (χ2v) is 14.1. The van der Waals surface area contributed by atoms with E-state index in [0.717, 1.165) is 0 Å². The summed E-state index contributed by atoms with van der Waals surface area (Å²) in [7, 11) is -5.67. The fourth-order valence-corrected chi connectivity index (χ4v) is 9.81. The Kier molecular flexibility index (Phi) is 4.75. The average Bonchev–Trinajstić information content (AvgIpc) is 2.45. The van der Waals surface area contributed by atoms with Gasteiger partial charge in [0.15, 0.2) is 8.32 Å². The van der Waals surface area contributed by atoms with E-state index in [2.05, 4.69) is 0 Å². The van der Waals surface area contributed by atoms with Crippen molar-refractivity contribution in [2.75, 3.05) is 0 Å². The highest BCUT2D eigenvalue weighted by Crippen LogP contribution is 2.21. The standard InChI is InChI=1S/C16H20F2OSi2/c1-20(2,3)19-21(16(17)18,14-10-6-4-7-11-14)15-12-8-5-9-13-15/h4-13,16H,1-3H3. The molecule has 0 fully saturated rings. The molecule has 0 bridgehead atoms. The number of rotatable bonds is 5. The molecule has 0 N–H and O–H groups in total. The Labute approximate surface area is 126 Å². The summed E-state index contributed by atoms with van der Waals surface area (Å²) in [4.78, 5) is 0. The van der Waals surface area contributed by atoms with Gasteiger partial charge in [0.25, 0.3) is 6.05 Å². The van der Waals surface area contributed by atoms with Gasteiger partial charge >= 0.3 is 8.32 Å². The van der Waals surface area contributed by atoms with Crippen molar-refractivity contribution in [2.24, 2.45) is 0 Å². The molecule has 0 aliphatic carbocycles. The lowest BCUT2D eigenvalue weighted by Crippen LogP contribution is -2.69. The van der Waals surface area contributed by atoms with Gasteiger partial charge in [-0.1, -0.05) is 60.7 Å². The van der Waals surface area contributed by atoms with Crippen molar-refractivity contribution in [2.45, 2.75) is 25.7 Å². The summed E-state index contributed by atoms with van der Waals surface area (Å²) in [6.07, 6.45) is 0. The Hall–Kier alpha value is -1.31. The molecular formula is C16H20F2OSi2. The van der Waals surface area contributed by atoms with Crippen molar-refractivity contribution in [3.8, 4) is 0 Å². The minimum absolute atomic E-state index is 0.633. The highest BCUT2D eigenvalue weighted by Gasteiger charge is 2.51. The quantitative estimate of drug-likeness (QED) is 0.767. The van der Waals surface area contributed by atoms with Gasteiger partial charge < -0.3 is 4.12 Å². The van der Waals surface area contributed by atoms with Gasteiger partial charge in [-0.25, -0.2) is 8.78 Å². The minimum Gasteiger partial charge on any atom is -0.446 e. The van der Waals surface area contributed by atoms with Crippen LogP contribution in [-0.4, -0.2) is 22.7 Å². The summed E-state index contributed by atoms with van der Waals surface area (Å²) in [5, 5.41) is 1.27. The molecule has 0 amide bonds. The van der Waals surface area contributed by atoms with Gasteiger partial charge in [0.05, 0.1) is 0 Å². The van der Waals surface area contributed by atoms with E-state index in [-0.39, 0.29) is 0 Å². The van der Waals surface area contributed by atoms with E-state index in [0.29, 0.717) is 10.4 Å². The predicted molar refractivity (Wildman–Crippen MR) is 88.3 cm³/mol. The molecule has 2 aromatic rings. The number of benzene rings is 2. The molecule has 1 nitrogen and oxygen atoms in total. The lowest BCUT2D eigenvalue weighted by Gasteiger charge is -2.37. The number of hydrogen-bond donors (Lipinski definition) is 0. The normalized spacial score (nSPS) is 12.7. The van der Waals surface area contributed by atoms with E-state index in [1.54, 1.807) is 48.5 Å². The fourth-order valence-electron chi connectivity index (χ4n) is 2.44. The monoisotopic (exact) mass is 322 g/mol. The zero-order chi connectivity index (χ0) is 15.5. The van der Waals surface area contributed by atoms with Gasteiger partial charge in [-0.15, -0.1) is 0 Å². The Morgan fingerprint density at radius 1 is 0.762 bits per heavy atom. The van der Waals surface area contributed by atoms with Crippen LogP contribution in [0.4, 0.5) is 8.78 Å². The maximum Gasteiger partial charge on any atom is 0.319 e. The van der Waals surface area contributed by atoms with Crippen molar-refractivity contribution < 1.29 is 12.9 Å². The first-order valence-electron chi connectivity index (χ1n) is 6.95. The SMILES string of the molecule is C[Si](C)(C)O[Si](c1ccccc1)(c1ccccc1)C(F)F. The largest absolute Gasteiger partial charge is 0.446 e. The van der Waals surface area contributed by atoms with Crippen LogP contribution in [0.5, 0.6) is 0 Å².